The number of benzene rings is 1. The summed E-state index contributed by atoms with van der Waals surface area (Å²) in [5.74, 6) is -1.21. The number of alkyl halides is 1. The lowest BCUT2D eigenvalue weighted by atomic mass is 9.79. The predicted molar refractivity (Wildman–Crippen MR) is 114 cm³/mol. The van der Waals surface area contributed by atoms with Crippen LogP contribution in [0, 0.1) is 0 Å². The summed E-state index contributed by atoms with van der Waals surface area (Å²) in [4.78, 5) is 15.5. The van der Waals surface area contributed by atoms with E-state index in [9.17, 15) is 9.90 Å². The molecule has 0 spiro atoms. The number of rotatable bonds is 4. The maximum Gasteiger partial charge on any atom is 0.243 e. The molecule has 7 nitrogen and oxygen atoms in total. The van der Waals surface area contributed by atoms with Crippen LogP contribution in [-0.2, 0) is 10.5 Å². The van der Waals surface area contributed by atoms with Crippen molar-refractivity contribution in [3.63, 3.8) is 0 Å². The van der Waals surface area contributed by atoms with Crippen LogP contribution in [-0.4, -0.2) is 59.9 Å². The fourth-order valence-electron chi connectivity index (χ4n) is 4.61. The number of aliphatic hydroxyl groups excluding tert-OH is 1. The van der Waals surface area contributed by atoms with E-state index >= 15 is 8.78 Å². The second-order valence-electron chi connectivity index (χ2n) is 8.21. The van der Waals surface area contributed by atoms with Crippen LogP contribution >= 0.6 is 0 Å². The summed E-state index contributed by atoms with van der Waals surface area (Å²) in [6.45, 7) is 2.98. The zero-order valence-corrected chi connectivity index (χ0v) is 17.4. The Morgan fingerprint density at radius 3 is 2.62 bits per heavy atom. The third-order valence-electron chi connectivity index (χ3n) is 6.27. The molecular formula is C23H24F2N4O3. The average Bonchev–Trinajstić information content (AvgIpc) is 3.48. The summed E-state index contributed by atoms with van der Waals surface area (Å²) >= 11 is 0. The molecule has 0 radical (unpaired) electrons. The minimum Gasteiger partial charge on any atom is -0.384 e. The van der Waals surface area contributed by atoms with Gasteiger partial charge in [0.05, 0.1) is 0 Å². The minimum atomic E-state index is -2.82. The van der Waals surface area contributed by atoms with E-state index in [4.69, 9.17) is 4.52 Å². The van der Waals surface area contributed by atoms with Crippen LogP contribution in [0.5, 0.6) is 0 Å². The fourth-order valence-corrected chi connectivity index (χ4v) is 4.61. The Kier molecular flexibility index (Phi) is 5.30. The summed E-state index contributed by atoms with van der Waals surface area (Å²) < 4.78 is 37.9. The Hall–Kier alpha value is -3.04. The van der Waals surface area contributed by atoms with Crippen LogP contribution in [0.1, 0.15) is 24.2 Å². The van der Waals surface area contributed by atoms with Crippen molar-refractivity contribution in [2.24, 2.45) is 0 Å². The summed E-state index contributed by atoms with van der Waals surface area (Å²) in [5, 5.41) is 18.5. The average molecular weight is 442 g/mol. The van der Waals surface area contributed by atoms with Crippen molar-refractivity contribution in [1.82, 2.24) is 15.4 Å². The Bertz CT molecular complexity index is 1080. The van der Waals surface area contributed by atoms with E-state index in [-0.39, 0.29) is 30.2 Å². The molecule has 2 fully saturated rings. The van der Waals surface area contributed by atoms with Gasteiger partial charge in [-0.3, -0.25) is 4.79 Å². The summed E-state index contributed by atoms with van der Waals surface area (Å²) in [6, 6.07) is 9.96. The number of likely N-dealkylation sites (tertiary alicyclic amines) is 1. The van der Waals surface area contributed by atoms with Gasteiger partial charge in [0.15, 0.2) is 11.6 Å². The van der Waals surface area contributed by atoms with Crippen LogP contribution in [0.25, 0.3) is 5.57 Å². The number of nitrogens with one attached hydrogen (secondary N) is 1. The lowest BCUT2D eigenvalue weighted by Crippen LogP contribution is -2.47. The molecular weight excluding hydrogens is 418 g/mol. The fraction of sp³-hybridized carbons (Fsp3) is 0.391. The summed E-state index contributed by atoms with van der Waals surface area (Å²) in [6.07, 6.45) is -0.0106. The van der Waals surface area contributed by atoms with E-state index in [2.05, 4.69) is 10.5 Å². The largest absolute Gasteiger partial charge is 0.384 e. The standard InChI is InChI=1S/C23H24F2N4O3/c24-17-13-16(15-5-2-1-3-6-15)22(31)23(25,21(17)29-10-4-7-20(29)30)18-14-19(27-32-18)28-11-8-26-9-12-28/h1-3,5-6,13-14,22,26,31H,4,7-12H2. The highest BCUT2D eigenvalue weighted by atomic mass is 19.1. The molecule has 2 atom stereocenters. The SMILES string of the molecule is O=C1CCCN1C1=C(F)C=C(c2ccccc2)C(O)C1(F)c1cc(N2CCNCC2)no1. The van der Waals surface area contributed by atoms with Gasteiger partial charge in [0.25, 0.3) is 0 Å². The first kappa shape index (κ1) is 20.8. The van der Waals surface area contributed by atoms with Crippen LogP contribution in [0.4, 0.5) is 14.6 Å². The molecule has 2 N–H and O–H groups in total. The van der Waals surface area contributed by atoms with Gasteiger partial charge in [-0.15, -0.1) is 0 Å². The van der Waals surface area contributed by atoms with Gasteiger partial charge < -0.3 is 24.7 Å². The molecule has 32 heavy (non-hydrogen) atoms. The zero-order valence-electron chi connectivity index (χ0n) is 17.4. The molecule has 168 valence electrons. The Morgan fingerprint density at radius 1 is 1.19 bits per heavy atom. The number of aromatic nitrogens is 1. The number of nitrogens with zero attached hydrogens (tertiary/aromatic N) is 3. The van der Waals surface area contributed by atoms with E-state index in [0.717, 1.165) is 24.1 Å². The smallest absolute Gasteiger partial charge is 0.243 e. The number of anilines is 1. The highest BCUT2D eigenvalue weighted by Crippen LogP contribution is 2.50. The van der Waals surface area contributed by atoms with Gasteiger partial charge in [-0.05, 0) is 23.6 Å². The molecule has 9 heteroatoms. The van der Waals surface area contributed by atoms with Gasteiger partial charge in [0.1, 0.15) is 17.6 Å². The molecule has 1 amide bonds. The lowest BCUT2D eigenvalue weighted by molar-refractivity contribution is -0.128. The topological polar surface area (TPSA) is 81.8 Å². The number of carbonyl (C=O) groups is 1. The van der Waals surface area contributed by atoms with E-state index in [1.165, 1.54) is 6.07 Å². The third kappa shape index (κ3) is 3.32. The number of amides is 1. The van der Waals surface area contributed by atoms with Crippen molar-refractivity contribution in [2.75, 3.05) is 37.6 Å². The number of hydrogen-bond donors (Lipinski definition) is 2. The van der Waals surface area contributed by atoms with E-state index in [1.807, 2.05) is 4.90 Å². The van der Waals surface area contributed by atoms with E-state index in [1.54, 1.807) is 30.3 Å². The molecule has 2 unspecified atom stereocenters. The van der Waals surface area contributed by atoms with Gasteiger partial charge in [0.2, 0.25) is 11.6 Å². The Balaban J connectivity index is 1.63. The van der Waals surface area contributed by atoms with Gasteiger partial charge in [-0.25, -0.2) is 8.78 Å². The summed E-state index contributed by atoms with van der Waals surface area (Å²) in [7, 11) is 0. The Morgan fingerprint density at radius 2 is 1.94 bits per heavy atom. The maximum absolute atomic E-state index is 17.0. The monoisotopic (exact) mass is 442 g/mol. The van der Waals surface area contributed by atoms with Gasteiger partial charge in [-0.1, -0.05) is 35.5 Å². The van der Waals surface area contributed by atoms with Gasteiger partial charge >= 0.3 is 0 Å². The number of halogens is 2. The van der Waals surface area contributed by atoms with Gasteiger partial charge in [0, 0.05) is 45.2 Å². The highest BCUT2D eigenvalue weighted by Gasteiger charge is 2.56. The molecule has 0 saturated carbocycles. The third-order valence-corrected chi connectivity index (χ3v) is 6.27. The second kappa shape index (κ2) is 8.14. The van der Waals surface area contributed by atoms with Crippen LogP contribution in [0.15, 0.2) is 58.5 Å². The first-order chi connectivity index (χ1) is 15.5. The molecule has 1 aromatic heterocycles. The molecule has 0 bridgehead atoms. The predicted octanol–water partition coefficient (Wildman–Crippen LogP) is 2.51. The van der Waals surface area contributed by atoms with Crippen molar-refractivity contribution < 1.29 is 23.2 Å². The van der Waals surface area contributed by atoms with E-state index in [0.29, 0.717) is 30.9 Å². The van der Waals surface area contributed by atoms with E-state index < -0.39 is 23.3 Å². The van der Waals surface area contributed by atoms with Crippen LogP contribution < -0.4 is 10.2 Å². The molecule has 3 aliphatic rings. The molecule has 2 saturated heterocycles. The second-order valence-corrected chi connectivity index (χ2v) is 8.21. The number of hydrogen-bond acceptors (Lipinski definition) is 6. The number of allylic oxidation sites excluding steroid dienone is 2. The highest BCUT2D eigenvalue weighted by molar-refractivity contribution is 5.83. The van der Waals surface area contributed by atoms with Crippen molar-refractivity contribution >= 4 is 17.3 Å². The Labute approximate surface area is 184 Å². The van der Waals surface area contributed by atoms with Crippen molar-refractivity contribution in [3.05, 3.63) is 65.3 Å². The first-order valence-electron chi connectivity index (χ1n) is 10.8. The van der Waals surface area contributed by atoms with Crippen molar-refractivity contribution in [1.29, 1.82) is 0 Å². The number of aliphatic hydroxyl groups is 1. The zero-order chi connectivity index (χ0) is 22.3. The molecule has 1 aliphatic carbocycles. The van der Waals surface area contributed by atoms with Crippen molar-refractivity contribution in [3.8, 4) is 0 Å². The maximum atomic E-state index is 17.0. The first-order valence-corrected chi connectivity index (χ1v) is 10.8. The normalized spacial score (nSPS) is 26.7. The molecule has 3 heterocycles. The molecule has 2 aromatic rings. The van der Waals surface area contributed by atoms with Crippen LogP contribution in [0.3, 0.4) is 0 Å². The quantitative estimate of drug-likeness (QED) is 0.758. The summed E-state index contributed by atoms with van der Waals surface area (Å²) in [5.41, 5.74) is -2.79. The molecule has 1 aromatic carbocycles. The van der Waals surface area contributed by atoms with Crippen LogP contribution in [0.2, 0.25) is 0 Å². The molecule has 2 aliphatic heterocycles. The lowest BCUT2D eigenvalue weighted by Gasteiger charge is -2.38. The molecule has 5 rings (SSSR count). The van der Waals surface area contributed by atoms with Crippen molar-refractivity contribution in [2.45, 2.75) is 24.6 Å². The number of carbonyl (C=O) groups excluding carboxylic acids is 1. The van der Waals surface area contributed by atoms with Gasteiger partial charge in [-0.2, -0.15) is 0 Å². The minimum absolute atomic E-state index is 0.0705. The number of piperazine rings is 1.